The second kappa shape index (κ2) is 7.82. The first-order valence-electron chi connectivity index (χ1n) is 8.39. The van der Waals surface area contributed by atoms with E-state index < -0.39 is 5.97 Å². The Hall–Kier alpha value is -2.48. The molecule has 2 aromatic rings. The number of carbonyl (C=O) groups is 3. The van der Waals surface area contributed by atoms with E-state index in [1.54, 1.807) is 25.5 Å². The van der Waals surface area contributed by atoms with E-state index in [2.05, 4.69) is 10.4 Å². The zero-order valence-electron chi connectivity index (χ0n) is 15.8. The maximum atomic E-state index is 12.8. The molecule has 0 aliphatic carbocycles. The van der Waals surface area contributed by atoms with Gasteiger partial charge in [-0.05, 0) is 47.1 Å². The molecule has 0 aliphatic heterocycles. The number of ketones is 1. The van der Waals surface area contributed by atoms with E-state index in [0.29, 0.717) is 33.2 Å². The van der Waals surface area contributed by atoms with Gasteiger partial charge < -0.3 is 10.1 Å². The average Bonchev–Trinajstić information content (AvgIpc) is 3.03. The van der Waals surface area contributed by atoms with Crippen molar-refractivity contribution in [2.75, 3.05) is 11.9 Å². The normalized spacial score (nSPS) is 10.7. The number of carbonyl (C=O) groups excluding carboxylic acids is 3. The Balaban J connectivity index is 2.47. The third-order valence-corrected chi connectivity index (χ3v) is 5.39. The number of aryl methyl sites for hydroxylation is 2. The lowest BCUT2D eigenvalue weighted by atomic mass is 10.1. The molecule has 0 radical (unpaired) electrons. The fourth-order valence-electron chi connectivity index (χ4n) is 2.89. The maximum Gasteiger partial charge on any atom is 0.341 e. The third-order valence-electron chi connectivity index (χ3n) is 4.08. The Labute approximate surface area is 156 Å². The van der Waals surface area contributed by atoms with Gasteiger partial charge in [-0.25, -0.2) is 4.79 Å². The summed E-state index contributed by atoms with van der Waals surface area (Å²) in [4.78, 5) is 37.4. The summed E-state index contributed by atoms with van der Waals surface area (Å²) in [5.41, 5.74) is 2.58. The number of rotatable bonds is 6. The van der Waals surface area contributed by atoms with Crippen molar-refractivity contribution < 1.29 is 19.1 Å². The molecule has 0 fully saturated rings. The second-order valence-electron chi connectivity index (χ2n) is 5.85. The number of anilines is 1. The topological polar surface area (TPSA) is 90.3 Å². The summed E-state index contributed by atoms with van der Waals surface area (Å²) in [5, 5.41) is 7.44. The smallest absolute Gasteiger partial charge is 0.341 e. The molecule has 26 heavy (non-hydrogen) atoms. The largest absolute Gasteiger partial charge is 0.462 e. The molecule has 140 valence electrons. The molecule has 0 saturated carbocycles. The van der Waals surface area contributed by atoms with Crippen LogP contribution in [0.15, 0.2) is 0 Å². The lowest BCUT2D eigenvalue weighted by molar-refractivity contribution is 0.0527. The Morgan fingerprint density at radius 2 is 1.81 bits per heavy atom. The minimum atomic E-state index is -0.554. The molecule has 7 nitrogen and oxygen atoms in total. The van der Waals surface area contributed by atoms with Crippen LogP contribution in [0, 0.1) is 20.8 Å². The van der Waals surface area contributed by atoms with Gasteiger partial charge in [0, 0.05) is 12.2 Å². The minimum absolute atomic E-state index is 0.162. The zero-order chi connectivity index (χ0) is 19.6. The molecule has 2 rings (SSSR count). The molecular weight excluding hydrogens is 354 g/mol. The highest BCUT2D eigenvalue weighted by Gasteiger charge is 2.27. The SMILES string of the molecule is CCOC(=O)c1c(NC(=O)c2c(C)nn(CC)c2C)sc(C(C)=O)c1C. The predicted octanol–water partition coefficient (Wildman–Crippen LogP) is 3.52. The maximum absolute atomic E-state index is 12.8. The second-order valence-corrected chi connectivity index (χ2v) is 6.87. The molecule has 0 atom stereocenters. The van der Waals surface area contributed by atoms with Gasteiger partial charge in [0.2, 0.25) is 0 Å². The molecule has 1 amide bonds. The van der Waals surface area contributed by atoms with Gasteiger partial charge in [-0.15, -0.1) is 11.3 Å². The number of nitrogens with zero attached hydrogens (tertiary/aromatic N) is 2. The van der Waals surface area contributed by atoms with Crippen LogP contribution in [0.3, 0.4) is 0 Å². The molecule has 8 heteroatoms. The average molecular weight is 377 g/mol. The quantitative estimate of drug-likeness (QED) is 0.614. The number of nitrogens with one attached hydrogen (secondary N) is 1. The fourth-order valence-corrected chi connectivity index (χ4v) is 3.97. The number of ether oxygens (including phenoxy) is 1. The number of Topliss-reactive ketones (excluding diaryl/α,β-unsaturated/α-hetero) is 1. The minimum Gasteiger partial charge on any atom is -0.462 e. The lowest BCUT2D eigenvalue weighted by Crippen LogP contribution is -2.16. The van der Waals surface area contributed by atoms with Crippen molar-refractivity contribution in [3.63, 3.8) is 0 Å². The highest BCUT2D eigenvalue weighted by molar-refractivity contribution is 7.18. The first-order chi connectivity index (χ1) is 12.2. The van der Waals surface area contributed by atoms with Crippen LogP contribution in [0.25, 0.3) is 0 Å². The summed E-state index contributed by atoms with van der Waals surface area (Å²) >= 11 is 1.09. The van der Waals surface area contributed by atoms with Gasteiger partial charge in [0.05, 0.1) is 28.3 Å². The van der Waals surface area contributed by atoms with Crippen molar-refractivity contribution in [2.45, 2.75) is 48.1 Å². The lowest BCUT2D eigenvalue weighted by Gasteiger charge is -2.07. The highest BCUT2D eigenvalue weighted by atomic mass is 32.1. The monoisotopic (exact) mass is 377 g/mol. The molecule has 0 aliphatic rings. The van der Waals surface area contributed by atoms with Crippen LogP contribution in [-0.4, -0.2) is 34.0 Å². The number of aromatic nitrogens is 2. The van der Waals surface area contributed by atoms with Crippen LogP contribution in [0.1, 0.15) is 68.1 Å². The third kappa shape index (κ3) is 3.55. The number of hydrogen-bond acceptors (Lipinski definition) is 6. The number of amides is 1. The molecule has 0 saturated heterocycles. The fraction of sp³-hybridized carbons (Fsp3) is 0.444. The van der Waals surface area contributed by atoms with Gasteiger partial charge in [0.1, 0.15) is 5.00 Å². The van der Waals surface area contributed by atoms with Crippen LogP contribution >= 0.6 is 11.3 Å². The molecule has 0 bridgehead atoms. The van der Waals surface area contributed by atoms with Crippen molar-refractivity contribution in [2.24, 2.45) is 0 Å². The number of thiophene rings is 1. The van der Waals surface area contributed by atoms with Crippen molar-refractivity contribution in [3.8, 4) is 0 Å². The van der Waals surface area contributed by atoms with Crippen molar-refractivity contribution >= 4 is 34.0 Å². The van der Waals surface area contributed by atoms with Crippen LogP contribution in [0.5, 0.6) is 0 Å². The van der Waals surface area contributed by atoms with E-state index in [-0.39, 0.29) is 23.9 Å². The van der Waals surface area contributed by atoms with E-state index in [4.69, 9.17) is 4.74 Å². The number of hydrogen-bond donors (Lipinski definition) is 1. The Morgan fingerprint density at radius 1 is 1.15 bits per heavy atom. The van der Waals surface area contributed by atoms with E-state index in [1.165, 1.54) is 6.92 Å². The van der Waals surface area contributed by atoms with Crippen molar-refractivity contribution in [3.05, 3.63) is 33.0 Å². The van der Waals surface area contributed by atoms with Gasteiger partial charge in [-0.3, -0.25) is 14.3 Å². The van der Waals surface area contributed by atoms with Crippen LogP contribution in [-0.2, 0) is 11.3 Å². The molecule has 1 N–H and O–H groups in total. The predicted molar refractivity (Wildman–Crippen MR) is 100 cm³/mol. The van der Waals surface area contributed by atoms with Crippen LogP contribution < -0.4 is 5.32 Å². The first kappa shape index (κ1) is 19.8. The van der Waals surface area contributed by atoms with E-state index in [1.807, 2.05) is 13.8 Å². The Bertz CT molecular complexity index is 880. The van der Waals surface area contributed by atoms with Gasteiger partial charge in [0.25, 0.3) is 5.91 Å². The summed E-state index contributed by atoms with van der Waals surface area (Å²) in [5.74, 6) is -1.08. The first-order valence-corrected chi connectivity index (χ1v) is 9.21. The summed E-state index contributed by atoms with van der Waals surface area (Å²) in [7, 11) is 0. The highest BCUT2D eigenvalue weighted by Crippen LogP contribution is 2.34. The van der Waals surface area contributed by atoms with Gasteiger partial charge in [-0.2, -0.15) is 5.10 Å². The van der Waals surface area contributed by atoms with E-state index in [0.717, 1.165) is 17.0 Å². The molecule has 0 spiro atoms. The Morgan fingerprint density at radius 3 is 2.31 bits per heavy atom. The van der Waals surface area contributed by atoms with Crippen LogP contribution in [0.4, 0.5) is 5.00 Å². The zero-order valence-corrected chi connectivity index (χ0v) is 16.7. The molecule has 0 aromatic carbocycles. The van der Waals surface area contributed by atoms with Gasteiger partial charge in [0.15, 0.2) is 5.78 Å². The standard InChI is InChI=1S/C18H23N3O4S/c1-7-21-11(5)14(10(4)20-21)16(23)19-17-13(18(24)25-8-2)9(3)15(26-17)12(6)22/h7-8H2,1-6H3,(H,19,23). The van der Waals surface area contributed by atoms with E-state index in [9.17, 15) is 14.4 Å². The Kier molecular flexibility index (Phi) is 5.97. The summed E-state index contributed by atoms with van der Waals surface area (Å²) in [6.45, 7) is 11.2. The summed E-state index contributed by atoms with van der Waals surface area (Å²) in [6, 6.07) is 0. The molecular formula is C18H23N3O4S. The molecule has 2 heterocycles. The summed E-state index contributed by atoms with van der Waals surface area (Å²) in [6.07, 6.45) is 0. The molecule has 2 aromatic heterocycles. The molecule has 0 unspecified atom stereocenters. The van der Waals surface area contributed by atoms with Gasteiger partial charge >= 0.3 is 5.97 Å². The van der Waals surface area contributed by atoms with E-state index >= 15 is 0 Å². The van der Waals surface area contributed by atoms with Crippen molar-refractivity contribution in [1.82, 2.24) is 9.78 Å². The van der Waals surface area contributed by atoms with Gasteiger partial charge in [-0.1, -0.05) is 0 Å². The van der Waals surface area contributed by atoms with Crippen LogP contribution in [0.2, 0.25) is 0 Å². The van der Waals surface area contributed by atoms with Crippen molar-refractivity contribution in [1.29, 1.82) is 0 Å². The number of esters is 1. The summed E-state index contributed by atoms with van der Waals surface area (Å²) < 4.78 is 6.83.